The fourth-order valence-corrected chi connectivity index (χ4v) is 2.84. The monoisotopic (exact) mass is 268 g/mol. The smallest absolute Gasteiger partial charge is 0.201 e. The molecule has 102 valence electrons. The molecule has 0 aliphatic heterocycles. The first-order valence-electron chi connectivity index (χ1n) is 6.71. The minimum Gasteiger partial charge on any atom is -0.507 e. The molecule has 0 radical (unpaired) electrons. The number of fused-ring (bicyclic) bond motifs is 2. The number of phenolic OH excluding ortho intramolecular Hbond substituents is 2. The zero-order valence-corrected chi connectivity index (χ0v) is 11.5. The molecule has 0 saturated heterocycles. The fraction of sp³-hybridized carbons (Fsp3) is 0.235. The van der Waals surface area contributed by atoms with Crippen LogP contribution in [0.4, 0.5) is 0 Å². The molecule has 2 N–H and O–H groups in total. The third-order valence-corrected chi connectivity index (χ3v) is 3.88. The first-order chi connectivity index (χ1) is 9.50. The minimum atomic E-state index is -0.292. The first-order valence-corrected chi connectivity index (χ1v) is 6.71. The van der Waals surface area contributed by atoms with E-state index in [4.69, 9.17) is 0 Å². The van der Waals surface area contributed by atoms with Crippen LogP contribution in [-0.4, -0.2) is 16.0 Å². The first kappa shape index (κ1) is 12.7. The highest BCUT2D eigenvalue weighted by Crippen LogP contribution is 2.39. The summed E-state index contributed by atoms with van der Waals surface area (Å²) in [6.07, 6.45) is 0.552. The highest BCUT2D eigenvalue weighted by atomic mass is 16.3. The summed E-state index contributed by atoms with van der Waals surface area (Å²) in [5, 5.41) is 20.3. The van der Waals surface area contributed by atoms with Gasteiger partial charge >= 0.3 is 0 Å². The van der Waals surface area contributed by atoms with E-state index in [9.17, 15) is 15.0 Å². The molecule has 0 saturated carbocycles. The van der Waals surface area contributed by atoms with Crippen molar-refractivity contribution in [1.82, 2.24) is 0 Å². The van der Waals surface area contributed by atoms with Gasteiger partial charge in [-0.15, -0.1) is 0 Å². The van der Waals surface area contributed by atoms with Gasteiger partial charge in [-0.05, 0) is 35.1 Å². The molecular weight excluding hydrogens is 252 g/mol. The summed E-state index contributed by atoms with van der Waals surface area (Å²) in [4.78, 5) is 12.6. The molecule has 3 nitrogen and oxygen atoms in total. The van der Waals surface area contributed by atoms with Crippen LogP contribution in [-0.2, 0) is 6.42 Å². The summed E-state index contributed by atoms with van der Waals surface area (Å²) in [6, 6.07) is 8.85. The second-order valence-corrected chi connectivity index (χ2v) is 5.51. The second kappa shape index (κ2) is 4.37. The largest absolute Gasteiger partial charge is 0.507 e. The van der Waals surface area contributed by atoms with Crippen LogP contribution in [0.3, 0.4) is 0 Å². The zero-order valence-electron chi connectivity index (χ0n) is 11.5. The quantitative estimate of drug-likeness (QED) is 0.711. The Bertz CT molecular complexity index is 714. The maximum absolute atomic E-state index is 12.6. The van der Waals surface area contributed by atoms with E-state index in [2.05, 4.69) is 0 Å². The SMILES string of the molecule is CC(C)c1ccc2c(c1O)C(=O)c1c(O)cccc1C2. The van der Waals surface area contributed by atoms with Gasteiger partial charge in [-0.2, -0.15) is 0 Å². The molecule has 0 atom stereocenters. The lowest BCUT2D eigenvalue weighted by Gasteiger charge is -2.22. The van der Waals surface area contributed by atoms with Gasteiger partial charge in [-0.25, -0.2) is 0 Å². The van der Waals surface area contributed by atoms with Gasteiger partial charge in [0.2, 0.25) is 5.78 Å². The van der Waals surface area contributed by atoms with Gasteiger partial charge in [0.25, 0.3) is 0 Å². The molecule has 2 aromatic rings. The van der Waals surface area contributed by atoms with E-state index in [1.165, 1.54) is 6.07 Å². The topological polar surface area (TPSA) is 57.5 Å². The van der Waals surface area contributed by atoms with Crippen molar-refractivity contribution < 1.29 is 15.0 Å². The molecule has 1 aliphatic rings. The summed E-state index contributed by atoms with van der Waals surface area (Å²) in [5.74, 6) is -0.123. The number of hydrogen-bond donors (Lipinski definition) is 2. The van der Waals surface area contributed by atoms with Crippen LogP contribution >= 0.6 is 0 Å². The number of phenols is 2. The van der Waals surface area contributed by atoms with Crippen LogP contribution in [0.15, 0.2) is 30.3 Å². The summed E-state index contributed by atoms with van der Waals surface area (Å²) < 4.78 is 0. The Morgan fingerprint density at radius 3 is 2.40 bits per heavy atom. The van der Waals surface area contributed by atoms with Crippen LogP contribution in [0, 0.1) is 0 Å². The van der Waals surface area contributed by atoms with Crippen molar-refractivity contribution in [3.05, 3.63) is 58.1 Å². The van der Waals surface area contributed by atoms with Crippen LogP contribution in [0.5, 0.6) is 11.5 Å². The number of hydrogen-bond acceptors (Lipinski definition) is 3. The van der Waals surface area contributed by atoms with Crippen LogP contribution in [0.2, 0.25) is 0 Å². The van der Waals surface area contributed by atoms with E-state index in [1.807, 2.05) is 32.0 Å². The van der Waals surface area contributed by atoms with Gasteiger partial charge in [0, 0.05) is 0 Å². The summed E-state index contributed by atoms with van der Waals surface area (Å²) in [6.45, 7) is 3.94. The average molecular weight is 268 g/mol. The standard InChI is InChI=1S/C17H16O3/c1-9(2)12-7-6-11-8-10-4-3-5-13(18)14(10)17(20)15(11)16(12)19/h3-7,9,18-19H,8H2,1-2H3. The lowest BCUT2D eigenvalue weighted by atomic mass is 9.82. The Morgan fingerprint density at radius 2 is 1.70 bits per heavy atom. The van der Waals surface area contributed by atoms with Crippen molar-refractivity contribution in [2.45, 2.75) is 26.2 Å². The lowest BCUT2D eigenvalue weighted by Crippen LogP contribution is -2.16. The van der Waals surface area contributed by atoms with Gasteiger partial charge < -0.3 is 10.2 Å². The summed E-state index contributed by atoms with van der Waals surface area (Å²) in [5.41, 5.74) is 3.03. The normalized spacial score (nSPS) is 13.2. The Balaban J connectivity index is 2.25. The molecule has 0 amide bonds. The Kier molecular flexibility index (Phi) is 2.78. The summed E-state index contributed by atoms with van der Waals surface area (Å²) >= 11 is 0. The molecule has 0 heterocycles. The molecule has 0 unspecified atom stereocenters. The van der Waals surface area contributed by atoms with Gasteiger partial charge in [-0.1, -0.05) is 38.1 Å². The highest BCUT2D eigenvalue weighted by Gasteiger charge is 2.29. The number of rotatable bonds is 1. The molecular formula is C17H16O3. The number of carbonyl (C=O) groups is 1. The van der Waals surface area contributed by atoms with Crippen molar-refractivity contribution in [3.8, 4) is 11.5 Å². The second-order valence-electron chi connectivity index (χ2n) is 5.51. The average Bonchev–Trinajstić information content (AvgIpc) is 2.38. The van der Waals surface area contributed by atoms with Gasteiger partial charge in [-0.3, -0.25) is 4.79 Å². The molecule has 0 spiro atoms. The highest BCUT2D eigenvalue weighted by molar-refractivity contribution is 6.15. The van der Waals surface area contributed by atoms with E-state index in [0.717, 1.165) is 16.7 Å². The zero-order chi connectivity index (χ0) is 14.4. The third kappa shape index (κ3) is 1.70. The van der Waals surface area contributed by atoms with Crippen molar-refractivity contribution in [2.24, 2.45) is 0 Å². The number of carbonyl (C=O) groups excluding carboxylic acids is 1. The molecule has 0 bridgehead atoms. The predicted octanol–water partition coefficient (Wildman–Crippen LogP) is 3.36. The number of ketones is 1. The van der Waals surface area contributed by atoms with Crippen LogP contribution < -0.4 is 0 Å². The number of benzene rings is 2. The maximum atomic E-state index is 12.6. The van der Waals surface area contributed by atoms with Crippen LogP contribution in [0.1, 0.15) is 52.4 Å². The Hall–Kier alpha value is -2.29. The van der Waals surface area contributed by atoms with Crippen molar-refractivity contribution in [2.75, 3.05) is 0 Å². The van der Waals surface area contributed by atoms with E-state index in [0.29, 0.717) is 17.5 Å². The van der Waals surface area contributed by atoms with Gasteiger partial charge in [0.1, 0.15) is 11.5 Å². The Labute approximate surface area is 117 Å². The van der Waals surface area contributed by atoms with E-state index >= 15 is 0 Å². The molecule has 3 rings (SSSR count). The molecule has 0 aromatic heterocycles. The molecule has 3 heteroatoms. The van der Waals surface area contributed by atoms with Crippen LogP contribution in [0.25, 0.3) is 0 Å². The van der Waals surface area contributed by atoms with Crippen molar-refractivity contribution in [3.63, 3.8) is 0 Å². The van der Waals surface area contributed by atoms with Crippen molar-refractivity contribution in [1.29, 1.82) is 0 Å². The van der Waals surface area contributed by atoms with Gasteiger partial charge in [0.05, 0.1) is 11.1 Å². The Morgan fingerprint density at radius 1 is 1.00 bits per heavy atom. The van der Waals surface area contributed by atoms with Crippen molar-refractivity contribution >= 4 is 5.78 Å². The predicted molar refractivity (Wildman–Crippen MR) is 76.5 cm³/mol. The van der Waals surface area contributed by atoms with E-state index < -0.39 is 0 Å². The molecule has 2 aromatic carbocycles. The maximum Gasteiger partial charge on any atom is 0.201 e. The molecule has 0 fully saturated rings. The molecule has 1 aliphatic carbocycles. The fourth-order valence-electron chi connectivity index (χ4n) is 2.84. The summed E-state index contributed by atoms with van der Waals surface area (Å²) in [7, 11) is 0. The van der Waals surface area contributed by atoms with E-state index in [-0.39, 0.29) is 23.2 Å². The number of aromatic hydroxyl groups is 2. The van der Waals surface area contributed by atoms with E-state index in [1.54, 1.807) is 6.07 Å². The third-order valence-electron chi connectivity index (χ3n) is 3.88. The lowest BCUT2D eigenvalue weighted by molar-refractivity contribution is 0.102. The van der Waals surface area contributed by atoms with Gasteiger partial charge in [0.15, 0.2) is 0 Å². The molecule has 20 heavy (non-hydrogen) atoms. The minimum absolute atomic E-state index is 0.0208.